The van der Waals surface area contributed by atoms with Gasteiger partial charge in [0.1, 0.15) is 10.6 Å². The minimum atomic E-state index is -4.09. The van der Waals surface area contributed by atoms with Crippen molar-refractivity contribution >= 4 is 27.4 Å². The van der Waals surface area contributed by atoms with Crippen molar-refractivity contribution in [1.29, 1.82) is 0 Å². The molecule has 0 aromatic heterocycles. The van der Waals surface area contributed by atoms with Crippen LogP contribution in [0.2, 0.25) is 5.02 Å². The van der Waals surface area contributed by atoms with Crippen molar-refractivity contribution in [2.45, 2.75) is 24.7 Å². The molecule has 0 fully saturated rings. The van der Waals surface area contributed by atoms with Gasteiger partial charge in [-0.25, -0.2) is 13.6 Å². The Hall–Kier alpha value is -1.11. The molecule has 1 aromatic rings. The van der Waals surface area contributed by atoms with Crippen LogP contribution in [-0.4, -0.2) is 21.3 Å². The molecule has 0 spiro atoms. The summed E-state index contributed by atoms with van der Waals surface area (Å²) in [4.78, 5) is 11.6. The average molecular weight is 292 g/mol. The van der Waals surface area contributed by atoms with Crippen LogP contribution in [0.15, 0.2) is 17.0 Å². The molecule has 100 valence electrons. The van der Waals surface area contributed by atoms with Crippen LogP contribution in [0, 0.1) is 0 Å². The minimum absolute atomic E-state index is 0.0151. The fourth-order valence-corrected chi connectivity index (χ4v) is 2.85. The normalized spacial score (nSPS) is 11.3. The Bertz CT molecular complexity index is 569. The van der Waals surface area contributed by atoms with Crippen molar-refractivity contribution in [3.05, 3.63) is 22.7 Å². The number of carbonyl (C=O) groups is 1. The van der Waals surface area contributed by atoms with E-state index in [0.717, 1.165) is 0 Å². The molecule has 1 aromatic carbocycles. The number of ether oxygens (including phenoxy) is 1. The fourth-order valence-electron chi connectivity index (χ4n) is 1.59. The van der Waals surface area contributed by atoms with E-state index in [1.54, 1.807) is 0 Å². The maximum absolute atomic E-state index is 11.9. The number of rotatable bonds is 5. The number of benzene rings is 1. The van der Waals surface area contributed by atoms with Gasteiger partial charge in [0.05, 0.1) is 17.7 Å². The van der Waals surface area contributed by atoms with Gasteiger partial charge in [-0.3, -0.25) is 4.79 Å². The summed E-state index contributed by atoms with van der Waals surface area (Å²) in [5.41, 5.74) is -0.0969. The molecule has 1 rings (SSSR count). The zero-order valence-corrected chi connectivity index (χ0v) is 11.6. The molecule has 0 heterocycles. The summed E-state index contributed by atoms with van der Waals surface area (Å²) >= 11 is 5.90. The van der Waals surface area contributed by atoms with Crippen LogP contribution in [-0.2, 0) is 10.0 Å². The first-order valence-electron chi connectivity index (χ1n) is 5.25. The molecular formula is C11H14ClNO4S. The summed E-state index contributed by atoms with van der Waals surface area (Å²) in [6.45, 7) is 1.81. The fraction of sp³-hybridized carbons (Fsp3) is 0.364. The summed E-state index contributed by atoms with van der Waals surface area (Å²) in [6.07, 6.45) is 0.770. The van der Waals surface area contributed by atoms with E-state index in [1.807, 2.05) is 6.92 Å². The largest absolute Gasteiger partial charge is 0.495 e. The van der Waals surface area contributed by atoms with Crippen LogP contribution in [0.4, 0.5) is 0 Å². The highest BCUT2D eigenvalue weighted by atomic mass is 35.5. The highest BCUT2D eigenvalue weighted by Gasteiger charge is 2.26. The van der Waals surface area contributed by atoms with Gasteiger partial charge in [0.2, 0.25) is 10.0 Å². The quantitative estimate of drug-likeness (QED) is 0.840. The second kappa shape index (κ2) is 5.69. The Morgan fingerprint density at radius 1 is 1.44 bits per heavy atom. The van der Waals surface area contributed by atoms with E-state index in [2.05, 4.69) is 0 Å². The molecule has 7 heteroatoms. The molecule has 2 N–H and O–H groups in total. The van der Waals surface area contributed by atoms with E-state index in [9.17, 15) is 13.2 Å². The van der Waals surface area contributed by atoms with E-state index >= 15 is 0 Å². The first-order chi connectivity index (χ1) is 8.32. The van der Waals surface area contributed by atoms with Gasteiger partial charge < -0.3 is 4.74 Å². The number of primary sulfonamides is 1. The number of nitrogens with two attached hydrogens (primary N) is 1. The first-order valence-corrected chi connectivity index (χ1v) is 7.17. The smallest absolute Gasteiger partial charge is 0.242 e. The molecule has 18 heavy (non-hydrogen) atoms. The number of sulfonamides is 1. The third kappa shape index (κ3) is 3.01. The Morgan fingerprint density at radius 3 is 2.50 bits per heavy atom. The highest BCUT2D eigenvalue weighted by molar-refractivity contribution is 7.89. The highest BCUT2D eigenvalue weighted by Crippen LogP contribution is 2.33. The van der Waals surface area contributed by atoms with Gasteiger partial charge in [0.25, 0.3) is 0 Å². The van der Waals surface area contributed by atoms with Crippen molar-refractivity contribution in [2.75, 3.05) is 7.11 Å². The van der Waals surface area contributed by atoms with Gasteiger partial charge in [-0.2, -0.15) is 0 Å². The maximum Gasteiger partial charge on any atom is 0.242 e. The third-order valence-electron chi connectivity index (χ3n) is 2.33. The second-order valence-corrected chi connectivity index (χ2v) is 5.58. The van der Waals surface area contributed by atoms with Gasteiger partial charge in [-0.1, -0.05) is 18.5 Å². The number of hydrogen-bond acceptors (Lipinski definition) is 4. The van der Waals surface area contributed by atoms with E-state index in [0.29, 0.717) is 6.42 Å². The van der Waals surface area contributed by atoms with Crippen molar-refractivity contribution in [2.24, 2.45) is 5.14 Å². The first kappa shape index (κ1) is 14.9. The van der Waals surface area contributed by atoms with Crippen LogP contribution < -0.4 is 9.88 Å². The molecule has 0 atom stereocenters. The molecule has 0 radical (unpaired) electrons. The van der Waals surface area contributed by atoms with Crippen LogP contribution >= 0.6 is 11.6 Å². The van der Waals surface area contributed by atoms with E-state index in [-0.39, 0.29) is 33.4 Å². The molecule has 0 aliphatic heterocycles. The molecule has 0 saturated heterocycles. The Kier molecular flexibility index (Phi) is 4.72. The van der Waals surface area contributed by atoms with Crippen molar-refractivity contribution in [3.8, 4) is 5.75 Å². The topological polar surface area (TPSA) is 86.5 Å². The summed E-state index contributed by atoms with van der Waals surface area (Å²) in [5, 5.41) is 5.17. The minimum Gasteiger partial charge on any atom is -0.495 e. The number of halogens is 1. The molecule has 0 unspecified atom stereocenters. The van der Waals surface area contributed by atoms with Gasteiger partial charge in [0, 0.05) is 6.42 Å². The van der Waals surface area contributed by atoms with Crippen molar-refractivity contribution in [3.63, 3.8) is 0 Å². The number of ketones is 1. The number of methoxy groups -OCH3 is 1. The summed E-state index contributed by atoms with van der Waals surface area (Å²) in [5.74, 6) is -0.355. The lowest BCUT2D eigenvalue weighted by Gasteiger charge is -2.12. The zero-order valence-electron chi connectivity index (χ0n) is 10.1. The summed E-state index contributed by atoms with van der Waals surface area (Å²) < 4.78 is 28.1. The third-order valence-corrected chi connectivity index (χ3v) is 3.62. The lowest BCUT2D eigenvalue weighted by atomic mass is 10.1. The maximum atomic E-state index is 11.9. The zero-order chi connectivity index (χ0) is 13.9. The number of hydrogen-bond donors (Lipinski definition) is 1. The molecule has 0 saturated carbocycles. The molecule has 5 nitrogen and oxygen atoms in total. The van der Waals surface area contributed by atoms with E-state index in [4.69, 9.17) is 21.5 Å². The molecular weight excluding hydrogens is 278 g/mol. The van der Waals surface area contributed by atoms with Gasteiger partial charge in [-0.15, -0.1) is 0 Å². The molecule has 0 aliphatic rings. The van der Waals surface area contributed by atoms with Gasteiger partial charge in [0.15, 0.2) is 5.78 Å². The van der Waals surface area contributed by atoms with Gasteiger partial charge >= 0.3 is 0 Å². The monoisotopic (exact) mass is 291 g/mol. The predicted molar refractivity (Wildman–Crippen MR) is 68.6 cm³/mol. The summed E-state index contributed by atoms with van der Waals surface area (Å²) in [7, 11) is -2.79. The Morgan fingerprint density at radius 2 is 2.06 bits per heavy atom. The molecule has 0 amide bonds. The van der Waals surface area contributed by atoms with Crippen LogP contribution in [0.25, 0.3) is 0 Å². The Labute approximate surface area is 111 Å². The lowest BCUT2D eigenvalue weighted by Crippen LogP contribution is -2.18. The molecule has 0 bridgehead atoms. The van der Waals surface area contributed by atoms with Crippen LogP contribution in [0.5, 0.6) is 5.75 Å². The van der Waals surface area contributed by atoms with Crippen LogP contribution in [0.3, 0.4) is 0 Å². The average Bonchev–Trinajstić information content (AvgIpc) is 2.27. The lowest BCUT2D eigenvalue weighted by molar-refractivity contribution is 0.0978. The summed E-state index contributed by atoms with van der Waals surface area (Å²) in [6, 6.07) is 2.78. The second-order valence-electron chi connectivity index (χ2n) is 3.67. The molecule has 0 aliphatic carbocycles. The number of carbonyl (C=O) groups excluding carboxylic acids is 1. The van der Waals surface area contributed by atoms with E-state index in [1.165, 1.54) is 19.2 Å². The van der Waals surface area contributed by atoms with Crippen LogP contribution in [0.1, 0.15) is 30.1 Å². The number of Topliss-reactive ketones (excluding diaryl/α,β-unsaturated/α-hetero) is 1. The standard InChI is InChI=1S/C11H14ClNO4S/c1-3-4-8(14)10-7(12)5-6-9(17-2)11(10)18(13,15)16/h5-6H,3-4H2,1-2H3,(H2,13,15,16). The predicted octanol–water partition coefficient (Wildman–Crippen LogP) is 1.98. The van der Waals surface area contributed by atoms with Crippen molar-refractivity contribution < 1.29 is 17.9 Å². The van der Waals surface area contributed by atoms with Gasteiger partial charge in [-0.05, 0) is 18.6 Å². The SMILES string of the molecule is CCCC(=O)c1c(Cl)ccc(OC)c1S(N)(=O)=O. The Balaban J connectivity index is 3.62. The van der Waals surface area contributed by atoms with Crippen molar-refractivity contribution in [1.82, 2.24) is 0 Å². The van der Waals surface area contributed by atoms with E-state index < -0.39 is 10.0 Å².